The van der Waals surface area contributed by atoms with Crippen LogP contribution in [0.3, 0.4) is 0 Å². The number of carbonyl (C=O) groups is 1. The molecule has 0 aliphatic carbocycles. The Balaban J connectivity index is 1.83. The van der Waals surface area contributed by atoms with Crippen LogP contribution in [0.25, 0.3) is 0 Å². The molecule has 1 aromatic carbocycles. The summed E-state index contributed by atoms with van der Waals surface area (Å²) in [6.07, 6.45) is 4.30. The Kier molecular flexibility index (Phi) is 5.58. The number of nitro groups is 1. The van der Waals surface area contributed by atoms with E-state index < -0.39 is 5.60 Å². The molecular formula is C20H29N3O4. The quantitative estimate of drug-likeness (QED) is 0.578. The summed E-state index contributed by atoms with van der Waals surface area (Å²) < 4.78 is 5.48. The molecule has 7 nitrogen and oxygen atoms in total. The number of fused-ring (bicyclic) bond motifs is 1. The van der Waals surface area contributed by atoms with Gasteiger partial charge in [0.1, 0.15) is 11.3 Å². The zero-order chi connectivity index (χ0) is 19.6. The van der Waals surface area contributed by atoms with Gasteiger partial charge in [-0.2, -0.15) is 0 Å². The highest BCUT2D eigenvalue weighted by Gasteiger charge is 2.28. The van der Waals surface area contributed by atoms with Crippen LogP contribution in [0, 0.1) is 10.1 Å². The van der Waals surface area contributed by atoms with E-state index in [-0.39, 0.29) is 16.7 Å². The molecular weight excluding hydrogens is 346 g/mol. The predicted octanol–water partition coefficient (Wildman–Crippen LogP) is 3.92. The smallest absolute Gasteiger partial charge is 0.410 e. The van der Waals surface area contributed by atoms with Crippen molar-refractivity contribution in [2.75, 3.05) is 31.1 Å². The van der Waals surface area contributed by atoms with Crippen molar-refractivity contribution in [3.8, 4) is 0 Å². The van der Waals surface area contributed by atoms with E-state index in [4.69, 9.17) is 4.74 Å². The Hall–Kier alpha value is -2.31. The average Bonchev–Trinajstić information content (AvgIpc) is 2.82. The molecule has 148 valence electrons. The maximum atomic E-state index is 12.4. The number of piperidine rings is 1. The van der Waals surface area contributed by atoms with E-state index in [0.717, 1.165) is 42.7 Å². The molecule has 0 aromatic heterocycles. The van der Waals surface area contributed by atoms with Gasteiger partial charge in [-0.15, -0.1) is 0 Å². The normalized spacial score (nSPS) is 17.9. The van der Waals surface area contributed by atoms with Gasteiger partial charge in [0, 0.05) is 32.2 Å². The van der Waals surface area contributed by atoms with Crippen molar-refractivity contribution >= 4 is 17.5 Å². The molecule has 0 radical (unpaired) electrons. The SMILES string of the molecule is CC(C)(C)OC(=O)N1CCc2cc(N3CCCCC3)c([N+](=O)[O-])cc2CC1. The second-order valence-electron chi connectivity index (χ2n) is 8.38. The van der Waals surface area contributed by atoms with E-state index in [1.165, 1.54) is 6.42 Å². The van der Waals surface area contributed by atoms with Gasteiger partial charge in [-0.1, -0.05) is 0 Å². The van der Waals surface area contributed by atoms with Gasteiger partial charge in [-0.3, -0.25) is 10.1 Å². The summed E-state index contributed by atoms with van der Waals surface area (Å²) in [5, 5.41) is 11.7. The van der Waals surface area contributed by atoms with E-state index >= 15 is 0 Å². The van der Waals surface area contributed by atoms with Crippen LogP contribution in [0.5, 0.6) is 0 Å². The van der Waals surface area contributed by atoms with E-state index in [2.05, 4.69) is 4.90 Å². The second-order valence-corrected chi connectivity index (χ2v) is 8.38. The molecule has 0 N–H and O–H groups in total. The number of rotatable bonds is 2. The van der Waals surface area contributed by atoms with Gasteiger partial charge in [0.25, 0.3) is 5.69 Å². The first kappa shape index (κ1) is 19.5. The van der Waals surface area contributed by atoms with Crippen molar-refractivity contribution in [3.05, 3.63) is 33.4 Å². The largest absolute Gasteiger partial charge is 0.444 e. The minimum atomic E-state index is -0.531. The maximum absolute atomic E-state index is 12.4. The highest BCUT2D eigenvalue weighted by molar-refractivity contribution is 5.69. The number of carbonyl (C=O) groups excluding carboxylic acids is 1. The molecule has 0 spiro atoms. The van der Waals surface area contributed by atoms with Crippen LogP contribution >= 0.6 is 0 Å². The van der Waals surface area contributed by atoms with Crippen molar-refractivity contribution < 1.29 is 14.5 Å². The zero-order valence-corrected chi connectivity index (χ0v) is 16.5. The molecule has 2 aliphatic rings. The van der Waals surface area contributed by atoms with Crippen LogP contribution in [0.4, 0.5) is 16.2 Å². The Labute approximate surface area is 160 Å². The van der Waals surface area contributed by atoms with E-state index in [9.17, 15) is 14.9 Å². The first-order chi connectivity index (χ1) is 12.7. The Morgan fingerprint density at radius 1 is 1.04 bits per heavy atom. The number of amides is 1. The van der Waals surface area contributed by atoms with Gasteiger partial charge in [0.15, 0.2) is 0 Å². The summed E-state index contributed by atoms with van der Waals surface area (Å²) in [5.41, 5.74) is 2.45. The minimum absolute atomic E-state index is 0.182. The zero-order valence-electron chi connectivity index (χ0n) is 16.5. The van der Waals surface area contributed by atoms with Crippen LogP contribution in [0.15, 0.2) is 12.1 Å². The van der Waals surface area contributed by atoms with Gasteiger partial charge >= 0.3 is 6.09 Å². The fourth-order valence-corrected chi connectivity index (χ4v) is 3.79. The molecule has 1 amide bonds. The minimum Gasteiger partial charge on any atom is -0.444 e. The summed E-state index contributed by atoms with van der Waals surface area (Å²) >= 11 is 0. The molecule has 0 saturated carbocycles. The van der Waals surface area contributed by atoms with Crippen molar-refractivity contribution in [3.63, 3.8) is 0 Å². The lowest BCUT2D eigenvalue weighted by molar-refractivity contribution is -0.384. The third kappa shape index (κ3) is 4.70. The van der Waals surface area contributed by atoms with E-state index in [0.29, 0.717) is 25.9 Å². The van der Waals surface area contributed by atoms with E-state index in [1.807, 2.05) is 26.8 Å². The van der Waals surface area contributed by atoms with Gasteiger partial charge in [-0.05, 0) is 70.1 Å². The lowest BCUT2D eigenvalue weighted by atomic mass is 9.99. The van der Waals surface area contributed by atoms with Gasteiger partial charge < -0.3 is 14.5 Å². The number of ether oxygens (including phenoxy) is 1. The Morgan fingerprint density at radius 3 is 2.19 bits per heavy atom. The highest BCUT2D eigenvalue weighted by atomic mass is 16.6. The number of anilines is 1. The standard InChI is InChI=1S/C20H29N3O4/c1-20(2,3)27-19(24)22-11-7-15-13-17(21-9-5-4-6-10-21)18(23(25)26)14-16(15)8-12-22/h13-14H,4-12H2,1-3H3. The molecule has 0 bridgehead atoms. The van der Waals surface area contributed by atoms with Crippen molar-refractivity contribution in [1.82, 2.24) is 4.90 Å². The highest BCUT2D eigenvalue weighted by Crippen LogP contribution is 2.34. The predicted molar refractivity (Wildman–Crippen MR) is 104 cm³/mol. The first-order valence-electron chi connectivity index (χ1n) is 9.78. The lowest BCUT2D eigenvalue weighted by Crippen LogP contribution is -2.38. The molecule has 1 saturated heterocycles. The third-order valence-corrected chi connectivity index (χ3v) is 5.14. The number of hydrogen-bond acceptors (Lipinski definition) is 5. The summed E-state index contributed by atoms with van der Waals surface area (Å²) in [7, 11) is 0. The summed E-state index contributed by atoms with van der Waals surface area (Å²) in [4.78, 5) is 27.6. The van der Waals surface area contributed by atoms with Crippen molar-refractivity contribution in [2.24, 2.45) is 0 Å². The van der Waals surface area contributed by atoms with Gasteiger partial charge in [0.2, 0.25) is 0 Å². The molecule has 2 aliphatic heterocycles. The fourth-order valence-electron chi connectivity index (χ4n) is 3.79. The van der Waals surface area contributed by atoms with Crippen LogP contribution < -0.4 is 4.90 Å². The van der Waals surface area contributed by atoms with Gasteiger partial charge in [-0.25, -0.2) is 4.79 Å². The average molecular weight is 375 g/mol. The molecule has 7 heteroatoms. The van der Waals surface area contributed by atoms with Crippen molar-refractivity contribution in [1.29, 1.82) is 0 Å². The molecule has 27 heavy (non-hydrogen) atoms. The molecule has 2 heterocycles. The number of benzene rings is 1. The first-order valence-corrected chi connectivity index (χ1v) is 9.78. The number of nitro benzene ring substituents is 1. The van der Waals surface area contributed by atoms with Crippen molar-refractivity contribution in [2.45, 2.75) is 58.5 Å². The number of hydrogen-bond donors (Lipinski definition) is 0. The topological polar surface area (TPSA) is 75.9 Å². The second kappa shape index (κ2) is 7.74. The third-order valence-electron chi connectivity index (χ3n) is 5.14. The van der Waals surface area contributed by atoms with Gasteiger partial charge in [0.05, 0.1) is 4.92 Å². The lowest BCUT2D eigenvalue weighted by Gasteiger charge is -2.29. The molecule has 1 aromatic rings. The molecule has 0 atom stereocenters. The molecule has 0 unspecified atom stereocenters. The van der Waals surface area contributed by atoms with Crippen LogP contribution in [-0.4, -0.2) is 47.7 Å². The Bertz CT molecular complexity index is 721. The summed E-state index contributed by atoms with van der Waals surface area (Å²) in [6, 6.07) is 3.70. The summed E-state index contributed by atoms with van der Waals surface area (Å²) in [5.74, 6) is 0. The van der Waals surface area contributed by atoms with Crippen LogP contribution in [0.2, 0.25) is 0 Å². The maximum Gasteiger partial charge on any atom is 0.410 e. The van der Waals surface area contributed by atoms with Crippen LogP contribution in [-0.2, 0) is 17.6 Å². The number of nitrogens with zero attached hydrogens (tertiary/aromatic N) is 3. The molecule has 3 rings (SSSR count). The Morgan fingerprint density at radius 2 is 1.63 bits per heavy atom. The summed E-state index contributed by atoms with van der Waals surface area (Å²) in [6.45, 7) is 8.37. The monoisotopic (exact) mass is 375 g/mol. The van der Waals surface area contributed by atoms with E-state index in [1.54, 1.807) is 11.0 Å². The van der Waals surface area contributed by atoms with Crippen LogP contribution in [0.1, 0.15) is 51.2 Å². The fraction of sp³-hybridized carbons (Fsp3) is 0.650. The molecule has 1 fully saturated rings.